The molecule has 0 fully saturated rings. The van der Waals surface area contributed by atoms with Gasteiger partial charge in [0.2, 0.25) is 0 Å². The molecule has 0 saturated carbocycles. The van der Waals surface area contributed by atoms with E-state index in [9.17, 15) is 9.18 Å². The molecule has 0 saturated heterocycles. The van der Waals surface area contributed by atoms with Crippen LogP contribution in [-0.4, -0.2) is 16.1 Å². The second kappa shape index (κ2) is 5.23. The fraction of sp³-hybridized carbons (Fsp3) is 0. The Bertz CT molecular complexity index is 594. The topological polar surface area (TPSA) is 50.2 Å². The minimum Gasteiger partial charge on any atom is -0.478 e. The van der Waals surface area contributed by atoms with E-state index in [1.807, 2.05) is 0 Å². The Morgan fingerprint density at radius 2 is 2.00 bits per heavy atom. The summed E-state index contributed by atoms with van der Waals surface area (Å²) in [6.07, 6.45) is 4.28. The van der Waals surface area contributed by atoms with Crippen molar-refractivity contribution < 1.29 is 14.3 Å². The van der Waals surface area contributed by atoms with E-state index in [1.165, 1.54) is 24.4 Å². The Morgan fingerprint density at radius 1 is 1.22 bits per heavy atom. The number of pyridine rings is 1. The van der Waals surface area contributed by atoms with Crippen molar-refractivity contribution in [3.63, 3.8) is 0 Å². The van der Waals surface area contributed by atoms with Crippen LogP contribution in [0.25, 0.3) is 11.6 Å². The molecule has 0 atom stereocenters. The molecule has 4 heteroatoms. The van der Waals surface area contributed by atoms with Crippen LogP contribution < -0.4 is 0 Å². The van der Waals surface area contributed by atoms with Gasteiger partial charge in [0, 0.05) is 23.5 Å². The quantitative estimate of drug-likeness (QED) is 0.843. The van der Waals surface area contributed by atoms with Crippen molar-refractivity contribution in [1.29, 1.82) is 0 Å². The standard InChI is InChI=1S/C14H10FNO2/c15-13-6-2-1-4-10(13)8-12(14(17)18)11-5-3-7-16-9-11/h1-9H,(H,17,18)/b12-8+. The summed E-state index contributed by atoms with van der Waals surface area (Å²) in [5, 5.41) is 9.16. The van der Waals surface area contributed by atoms with Crippen molar-refractivity contribution >= 4 is 17.6 Å². The van der Waals surface area contributed by atoms with E-state index >= 15 is 0 Å². The first-order valence-electron chi connectivity index (χ1n) is 5.28. The summed E-state index contributed by atoms with van der Waals surface area (Å²) < 4.78 is 13.5. The first-order valence-corrected chi connectivity index (χ1v) is 5.28. The van der Waals surface area contributed by atoms with Gasteiger partial charge in [-0.05, 0) is 18.2 Å². The summed E-state index contributed by atoms with van der Waals surface area (Å²) >= 11 is 0. The molecule has 90 valence electrons. The second-order valence-corrected chi connectivity index (χ2v) is 3.63. The van der Waals surface area contributed by atoms with Gasteiger partial charge < -0.3 is 5.11 Å². The van der Waals surface area contributed by atoms with Gasteiger partial charge in [0.05, 0.1) is 5.57 Å². The monoisotopic (exact) mass is 243 g/mol. The van der Waals surface area contributed by atoms with Gasteiger partial charge in [0.1, 0.15) is 5.82 Å². The molecule has 2 rings (SSSR count). The molecule has 0 unspecified atom stereocenters. The number of rotatable bonds is 3. The molecule has 1 aromatic carbocycles. The van der Waals surface area contributed by atoms with Crippen molar-refractivity contribution in [2.24, 2.45) is 0 Å². The first-order chi connectivity index (χ1) is 8.68. The van der Waals surface area contributed by atoms with E-state index in [2.05, 4.69) is 4.98 Å². The normalized spacial score (nSPS) is 11.3. The van der Waals surface area contributed by atoms with Crippen molar-refractivity contribution in [2.45, 2.75) is 0 Å². The van der Waals surface area contributed by atoms with Crippen molar-refractivity contribution in [2.75, 3.05) is 0 Å². The molecule has 1 aromatic heterocycles. The van der Waals surface area contributed by atoms with E-state index in [-0.39, 0.29) is 11.1 Å². The Kier molecular flexibility index (Phi) is 3.48. The number of hydrogen-bond acceptors (Lipinski definition) is 2. The molecule has 1 heterocycles. The van der Waals surface area contributed by atoms with Crippen LogP contribution >= 0.6 is 0 Å². The third-order valence-corrected chi connectivity index (χ3v) is 2.41. The fourth-order valence-corrected chi connectivity index (χ4v) is 1.54. The Hall–Kier alpha value is -2.49. The van der Waals surface area contributed by atoms with Crippen LogP contribution in [0.5, 0.6) is 0 Å². The molecule has 2 aromatic rings. The maximum atomic E-state index is 13.5. The summed E-state index contributed by atoms with van der Waals surface area (Å²) in [6.45, 7) is 0. The van der Waals surface area contributed by atoms with E-state index in [0.717, 1.165) is 0 Å². The van der Waals surface area contributed by atoms with Crippen molar-refractivity contribution in [1.82, 2.24) is 4.98 Å². The molecule has 0 aliphatic carbocycles. The zero-order valence-electron chi connectivity index (χ0n) is 9.38. The molecule has 3 nitrogen and oxygen atoms in total. The zero-order chi connectivity index (χ0) is 13.0. The number of carboxylic acid groups (broad SMARTS) is 1. The van der Waals surface area contributed by atoms with E-state index in [0.29, 0.717) is 5.56 Å². The average molecular weight is 243 g/mol. The molecule has 0 bridgehead atoms. The van der Waals surface area contributed by atoms with Gasteiger partial charge >= 0.3 is 5.97 Å². The highest BCUT2D eigenvalue weighted by Crippen LogP contribution is 2.19. The van der Waals surface area contributed by atoms with Crippen molar-refractivity contribution in [3.05, 3.63) is 65.7 Å². The van der Waals surface area contributed by atoms with Gasteiger partial charge in [-0.25, -0.2) is 9.18 Å². The highest BCUT2D eigenvalue weighted by atomic mass is 19.1. The summed E-state index contributed by atoms with van der Waals surface area (Å²) in [6, 6.07) is 9.26. The van der Waals surface area contributed by atoms with Crippen LogP contribution in [0.2, 0.25) is 0 Å². The van der Waals surface area contributed by atoms with E-state index < -0.39 is 11.8 Å². The van der Waals surface area contributed by atoms with Crippen molar-refractivity contribution in [3.8, 4) is 0 Å². The molecule has 0 amide bonds. The van der Waals surface area contributed by atoms with Crippen LogP contribution in [0.15, 0.2) is 48.8 Å². The minimum absolute atomic E-state index is 0.00759. The van der Waals surface area contributed by atoms with Crippen LogP contribution in [0.1, 0.15) is 11.1 Å². The van der Waals surface area contributed by atoms with Crippen LogP contribution in [0, 0.1) is 5.82 Å². The molecule has 0 aliphatic heterocycles. The molecule has 18 heavy (non-hydrogen) atoms. The van der Waals surface area contributed by atoms with Gasteiger partial charge in [-0.15, -0.1) is 0 Å². The maximum Gasteiger partial charge on any atom is 0.336 e. The van der Waals surface area contributed by atoms with Gasteiger partial charge in [-0.3, -0.25) is 4.98 Å². The lowest BCUT2D eigenvalue weighted by Gasteiger charge is -2.03. The fourth-order valence-electron chi connectivity index (χ4n) is 1.54. The zero-order valence-corrected chi connectivity index (χ0v) is 9.38. The molecule has 0 spiro atoms. The predicted octanol–water partition coefficient (Wildman–Crippen LogP) is 2.85. The molecular weight excluding hydrogens is 233 g/mol. The SMILES string of the molecule is O=C(O)/C(=C/c1ccccc1F)c1cccnc1. The number of carboxylic acids is 1. The Labute approximate surface area is 103 Å². The minimum atomic E-state index is -1.12. The predicted molar refractivity (Wildman–Crippen MR) is 66.1 cm³/mol. The van der Waals surface area contributed by atoms with Gasteiger partial charge in [0.25, 0.3) is 0 Å². The van der Waals surface area contributed by atoms with Crippen LogP contribution in [0.4, 0.5) is 4.39 Å². The molecule has 1 N–H and O–H groups in total. The maximum absolute atomic E-state index is 13.5. The molecular formula is C14H10FNO2. The number of halogens is 1. The highest BCUT2D eigenvalue weighted by molar-refractivity contribution is 6.20. The lowest BCUT2D eigenvalue weighted by atomic mass is 10.0. The summed E-state index contributed by atoms with van der Waals surface area (Å²) in [5.74, 6) is -1.58. The average Bonchev–Trinajstić information content (AvgIpc) is 2.38. The number of aromatic nitrogens is 1. The van der Waals surface area contributed by atoms with Gasteiger partial charge in [-0.2, -0.15) is 0 Å². The molecule has 0 radical (unpaired) electrons. The van der Waals surface area contributed by atoms with Crippen LogP contribution in [-0.2, 0) is 4.79 Å². The number of aliphatic carboxylic acids is 1. The highest BCUT2D eigenvalue weighted by Gasteiger charge is 2.11. The number of hydrogen-bond donors (Lipinski definition) is 1. The number of nitrogens with zero attached hydrogens (tertiary/aromatic N) is 1. The molecule has 0 aliphatic rings. The van der Waals surface area contributed by atoms with E-state index in [4.69, 9.17) is 5.11 Å². The third-order valence-electron chi connectivity index (χ3n) is 2.41. The Balaban J connectivity index is 2.50. The smallest absolute Gasteiger partial charge is 0.336 e. The number of carbonyl (C=O) groups is 1. The van der Waals surface area contributed by atoms with Gasteiger partial charge in [0.15, 0.2) is 0 Å². The lowest BCUT2D eigenvalue weighted by Crippen LogP contribution is -2.00. The second-order valence-electron chi connectivity index (χ2n) is 3.63. The third kappa shape index (κ3) is 2.60. The Morgan fingerprint density at radius 3 is 2.61 bits per heavy atom. The number of benzene rings is 1. The summed E-state index contributed by atoms with van der Waals surface area (Å²) in [5.41, 5.74) is 0.681. The summed E-state index contributed by atoms with van der Waals surface area (Å²) in [4.78, 5) is 15.1. The largest absolute Gasteiger partial charge is 0.478 e. The lowest BCUT2D eigenvalue weighted by molar-refractivity contribution is -0.130. The van der Waals surface area contributed by atoms with Gasteiger partial charge in [-0.1, -0.05) is 24.3 Å². The summed E-state index contributed by atoms with van der Waals surface area (Å²) in [7, 11) is 0. The first kappa shape index (κ1) is 12.0. The van der Waals surface area contributed by atoms with E-state index in [1.54, 1.807) is 30.5 Å². The van der Waals surface area contributed by atoms with Crippen LogP contribution in [0.3, 0.4) is 0 Å².